The van der Waals surface area contributed by atoms with E-state index in [0.29, 0.717) is 36.7 Å². The number of fused-ring (bicyclic) bond motifs is 1. The molecular weight excluding hydrogens is 442 g/mol. The van der Waals surface area contributed by atoms with Gasteiger partial charge in [0.15, 0.2) is 0 Å². The van der Waals surface area contributed by atoms with Gasteiger partial charge in [-0.1, -0.05) is 32.0 Å². The molecule has 0 fully saturated rings. The minimum Gasteiger partial charge on any atom is -0.494 e. The van der Waals surface area contributed by atoms with Crippen LogP contribution in [0.2, 0.25) is 0 Å². The molecule has 0 bridgehead atoms. The number of carbonyl (C=O) groups excluding carboxylic acids is 2. The summed E-state index contributed by atoms with van der Waals surface area (Å²) in [5, 5.41) is 2.90. The first-order valence-electron chi connectivity index (χ1n) is 11.2. The lowest BCUT2D eigenvalue weighted by atomic mass is 10.1. The SMILES string of the molecule is CCOc1ccccc1CNC(=O)[C@H]1Cc2cc(S(=O)(=O)N(CC)CC)ccc2N1C(C)=O. The summed E-state index contributed by atoms with van der Waals surface area (Å²) in [5.74, 6) is 0.119. The Kier molecular flexibility index (Phi) is 7.76. The van der Waals surface area contributed by atoms with Gasteiger partial charge in [-0.15, -0.1) is 0 Å². The van der Waals surface area contributed by atoms with E-state index >= 15 is 0 Å². The summed E-state index contributed by atoms with van der Waals surface area (Å²) in [6.45, 7) is 8.37. The van der Waals surface area contributed by atoms with Gasteiger partial charge in [0.1, 0.15) is 11.8 Å². The molecule has 9 heteroatoms. The van der Waals surface area contributed by atoms with Crippen molar-refractivity contribution in [2.75, 3.05) is 24.6 Å². The molecule has 0 radical (unpaired) electrons. The van der Waals surface area contributed by atoms with Crippen LogP contribution >= 0.6 is 0 Å². The van der Waals surface area contributed by atoms with Crippen LogP contribution < -0.4 is 15.0 Å². The zero-order chi connectivity index (χ0) is 24.2. The van der Waals surface area contributed by atoms with Crippen LogP contribution in [0.15, 0.2) is 47.4 Å². The number of nitrogens with one attached hydrogen (secondary N) is 1. The van der Waals surface area contributed by atoms with Crippen molar-refractivity contribution in [1.29, 1.82) is 0 Å². The Morgan fingerprint density at radius 2 is 1.82 bits per heavy atom. The topological polar surface area (TPSA) is 96.0 Å². The standard InChI is InChI=1S/C24H31N3O5S/c1-5-26(6-2)33(30,31)20-12-13-21-19(14-20)15-22(27(21)17(4)28)24(29)25-16-18-10-8-9-11-23(18)32-7-3/h8-14,22H,5-7,15-16H2,1-4H3,(H,25,29)/t22-/m1/s1. The number of nitrogens with zero attached hydrogens (tertiary/aromatic N) is 2. The minimum atomic E-state index is -3.64. The average molecular weight is 474 g/mol. The number of amides is 2. The Morgan fingerprint density at radius 1 is 1.12 bits per heavy atom. The summed E-state index contributed by atoms with van der Waals surface area (Å²) in [4.78, 5) is 27.1. The van der Waals surface area contributed by atoms with Gasteiger partial charge in [-0.25, -0.2) is 8.42 Å². The van der Waals surface area contributed by atoms with Gasteiger partial charge in [-0.2, -0.15) is 4.31 Å². The quantitative estimate of drug-likeness (QED) is 0.604. The van der Waals surface area contributed by atoms with Crippen molar-refractivity contribution >= 4 is 27.5 Å². The Hall–Kier alpha value is -2.91. The van der Waals surface area contributed by atoms with Gasteiger partial charge < -0.3 is 10.1 Å². The van der Waals surface area contributed by atoms with Gasteiger partial charge in [0.2, 0.25) is 21.8 Å². The largest absolute Gasteiger partial charge is 0.494 e. The maximum Gasteiger partial charge on any atom is 0.243 e. The Bertz CT molecular complexity index is 1130. The highest BCUT2D eigenvalue weighted by Crippen LogP contribution is 2.35. The molecule has 0 aromatic heterocycles. The number of anilines is 1. The number of hydrogen-bond acceptors (Lipinski definition) is 5. The monoisotopic (exact) mass is 473 g/mol. The van der Waals surface area contributed by atoms with E-state index in [1.165, 1.54) is 22.2 Å². The fraction of sp³-hybridized carbons (Fsp3) is 0.417. The normalized spacial score (nSPS) is 15.4. The van der Waals surface area contributed by atoms with Gasteiger partial charge in [-0.3, -0.25) is 14.5 Å². The van der Waals surface area contributed by atoms with E-state index in [-0.39, 0.29) is 29.7 Å². The molecule has 1 N–H and O–H groups in total. The van der Waals surface area contributed by atoms with E-state index in [2.05, 4.69) is 5.32 Å². The van der Waals surface area contributed by atoms with Crippen molar-refractivity contribution in [3.05, 3.63) is 53.6 Å². The minimum absolute atomic E-state index is 0.167. The fourth-order valence-corrected chi connectivity index (χ4v) is 5.66. The molecule has 178 valence electrons. The number of para-hydroxylation sites is 1. The average Bonchev–Trinajstić information content (AvgIpc) is 3.18. The lowest BCUT2D eigenvalue weighted by molar-refractivity contribution is -0.125. The maximum atomic E-state index is 13.1. The number of ether oxygens (including phenoxy) is 1. The van der Waals surface area contributed by atoms with Crippen LogP contribution in [0.1, 0.15) is 38.8 Å². The molecule has 0 spiro atoms. The number of carbonyl (C=O) groups is 2. The van der Waals surface area contributed by atoms with Crippen molar-refractivity contribution in [1.82, 2.24) is 9.62 Å². The molecular formula is C24H31N3O5S. The van der Waals surface area contributed by atoms with Crippen LogP contribution in [0.5, 0.6) is 5.75 Å². The fourth-order valence-electron chi connectivity index (χ4n) is 4.15. The summed E-state index contributed by atoms with van der Waals surface area (Å²) in [6, 6.07) is 11.4. The molecule has 2 amide bonds. The molecule has 1 atom stereocenters. The third-order valence-corrected chi connectivity index (χ3v) is 7.79. The highest BCUT2D eigenvalue weighted by atomic mass is 32.2. The van der Waals surface area contributed by atoms with Crippen LogP contribution in [-0.4, -0.2) is 50.3 Å². The highest BCUT2D eigenvalue weighted by Gasteiger charge is 2.38. The molecule has 0 aliphatic carbocycles. The predicted molar refractivity (Wildman–Crippen MR) is 127 cm³/mol. The molecule has 0 saturated heterocycles. The number of hydrogen-bond donors (Lipinski definition) is 1. The Labute approximate surface area is 195 Å². The van der Waals surface area contributed by atoms with Crippen LogP contribution in [0, 0.1) is 0 Å². The third kappa shape index (κ3) is 5.04. The van der Waals surface area contributed by atoms with Gasteiger partial charge in [0.25, 0.3) is 0 Å². The van der Waals surface area contributed by atoms with E-state index in [0.717, 1.165) is 5.56 Å². The van der Waals surface area contributed by atoms with E-state index in [4.69, 9.17) is 4.74 Å². The summed E-state index contributed by atoms with van der Waals surface area (Å²) < 4.78 is 32.8. The molecule has 0 unspecified atom stereocenters. The molecule has 2 aromatic rings. The van der Waals surface area contributed by atoms with Gasteiger partial charge in [-0.05, 0) is 36.8 Å². The molecule has 0 saturated carbocycles. The van der Waals surface area contributed by atoms with E-state index < -0.39 is 16.1 Å². The lowest BCUT2D eigenvalue weighted by Crippen LogP contribution is -2.47. The number of sulfonamides is 1. The molecule has 1 heterocycles. The number of benzene rings is 2. The van der Waals surface area contributed by atoms with Crippen molar-refractivity contribution in [3.8, 4) is 5.75 Å². The second-order valence-corrected chi connectivity index (χ2v) is 9.69. The summed E-state index contributed by atoms with van der Waals surface area (Å²) >= 11 is 0. The van der Waals surface area contributed by atoms with Crippen molar-refractivity contribution in [2.24, 2.45) is 0 Å². The summed E-state index contributed by atoms with van der Waals surface area (Å²) in [6.07, 6.45) is 0.245. The zero-order valence-electron chi connectivity index (χ0n) is 19.5. The highest BCUT2D eigenvalue weighted by molar-refractivity contribution is 7.89. The van der Waals surface area contributed by atoms with Crippen LogP contribution in [-0.2, 0) is 32.6 Å². The van der Waals surface area contributed by atoms with Crippen molar-refractivity contribution < 1.29 is 22.7 Å². The molecule has 8 nitrogen and oxygen atoms in total. The van der Waals surface area contributed by atoms with Gasteiger partial charge in [0, 0.05) is 44.2 Å². The van der Waals surface area contributed by atoms with Gasteiger partial charge in [0.05, 0.1) is 11.5 Å². The zero-order valence-corrected chi connectivity index (χ0v) is 20.3. The summed E-state index contributed by atoms with van der Waals surface area (Å²) in [5.41, 5.74) is 2.06. The predicted octanol–water partition coefficient (Wildman–Crippen LogP) is 2.71. The molecule has 3 rings (SSSR count). The van der Waals surface area contributed by atoms with Crippen LogP contribution in [0.4, 0.5) is 5.69 Å². The second kappa shape index (κ2) is 10.4. The van der Waals surface area contributed by atoms with Crippen LogP contribution in [0.25, 0.3) is 0 Å². The lowest BCUT2D eigenvalue weighted by Gasteiger charge is -2.24. The first-order chi connectivity index (χ1) is 15.7. The third-order valence-electron chi connectivity index (χ3n) is 5.75. The van der Waals surface area contributed by atoms with Gasteiger partial charge >= 0.3 is 0 Å². The molecule has 2 aromatic carbocycles. The van der Waals surface area contributed by atoms with Crippen molar-refractivity contribution in [3.63, 3.8) is 0 Å². The van der Waals surface area contributed by atoms with E-state index in [9.17, 15) is 18.0 Å². The van der Waals surface area contributed by atoms with E-state index in [1.54, 1.807) is 26.0 Å². The first kappa shape index (κ1) is 24.7. The Balaban J connectivity index is 1.83. The van der Waals surface area contributed by atoms with Crippen LogP contribution in [0.3, 0.4) is 0 Å². The Morgan fingerprint density at radius 3 is 2.45 bits per heavy atom. The molecule has 33 heavy (non-hydrogen) atoms. The van der Waals surface area contributed by atoms with E-state index in [1.807, 2.05) is 31.2 Å². The first-order valence-corrected chi connectivity index (χ1v) is 12.6. The molecule has 1 aliphatic heterocycles. The maximum absolute atomic E-state index is 13.1. The van der Waals surface area contributed by atoms with Crippen molar-refractivity contribution in [2.45, 2.75) is 51.6 Å². The second-order valence-electron chi connectivity index (χ2n) is 7.75. The number of rotatable bonds is 9. The summed E-state index contributed by atoms with van der Waals surface area (Å²) in [7, 11) is -3.64. The molecule has 1 aliphatic rings. The smallest absolute Gasteiger partial charge is 0.243 e.